The number of ether oxygens (including phenoxy) is 4. The zero-order chi connectivity index (χ0) is 40.3. The molecule has 1 N–H and O–H groups in total. The number of fused-ring (bicyclic) bond motifs is 1. The molecule has 0 bridgehead atoms. The lowest BCUT2D eigenvalue weighted by molar-refractivity contribution is -0.128. The van der Waals surface area contributed by atoms with E-state index in [1.165, 1.54) is 5.56 Å². The molecule has 6 aromatic rings. The second kappa shape index (κ2) is 19.9. The van der Waals surface area contributed by atoms with Crippen molar-refractivity contribution in [1.29, 1.82) is 0 Å². The van der Waals surface area contributed by atoms with Gasteiger partial charge in [0.05, 0.1) is 22.7 Å². The number of amides is 1. The molecule has 0 saturated heterocycles. The van der Waals surface area contributed by atoms with E-state index in [-0.39, 0.29) is 24.1 Å². The number of hydrogen-bond acceptors (Lipinski definition) is 7. The number of rotatable bonds is 17. The predicted octanol–water partition coefficient (Wildman–Crippen LogP) is 10.8. The van der Waals surface area contributed by atoms with E-state index in [2.05, 4.69) is 58.5 Å². The summed E-state index contributed by atoms with van der Waals surface area (Å²) in [6.45, 7) is 4.05. The molecule has 3 unspecified atom stereocenters. The van der Waals surface area contributed by atoms with Crippen molar-refractivity contribution in [3.63, 3.8) is 0 Å². The molecular weight excluding hydrogens is 769 g/mol. The van der Waals surface area contributed by atoms with Gasteiger partial charge in [-0.3, -0.25) is 14.7 Å². The molecule has 7 rings (SSSR count). The molecule has 0 radical (unpaired) electrons. The first-order valence-electron chi connectivity index (χ1n) is 19.6. The largest absolute Gasteiger partial charge is 0.489 e. The minimum atomic E-state index is -0.344. The van der Waals surface area contributed by atoms with Crippen molar-refractivity contribution in [3.05, 3.63) is 183 Å². The molecular formula is C48H47Cl2N3O5. The fourth-order valence-corrected chi connectivity index (χ4v) is 7.69. The normalized spacial score (nSPS) is 14.9. The molecule has 5 aromatic carbocycles. The Kier molecular flexibility index (Phi) is 14.0. The SMILES string of the molecule is CCC(c1ccccc1)N1Cc2cc(OC(COC)c3ccc(OCc4ccc(Cl)c(Cl)c4)cc3)ccc2CC1C(=O)NCCc1ccc(Oc2ccncc2)cc1. The van der Waals surface area contributed by atoms with Gasteiger partial charge in [-0.25, -0.2) is 0 Å². The molecule has 1 aromatic heterocycles. The molecule has 3 atom stereocenters. The molecule has 1 aliphatic heterocycles. The highest BCUT2D eigenvalue weighted by Crippen LogP contribution is 2.36. The van der Waals surface area contributed by atoms with Gasteiger partial charge in [-0.15, -0.1) is 0 Å². The van der Waals surface area contributed by atoms with E-state index in [1.807, 2.05) is 84.9 Å². The molecule has 58 heavy (non-hydrogen) atoms. The molecule has 0 spiro atoms. The molecule has 0 aliphatic carbocycles. The van der Waals surface area contributed by atoms with Gasteiger partial charge in [0.1, 0.15) is 35.7 Å². The maximum atomic E-state index is 14.1. The second-order valence-electron chi connectivity index (χ2n) is 14.3. The van der Waals surface area contributed by atoms with E-state index in [0.717, 1.165) is 57.2 Å². The third-order valence-electron chi connectivity index (χ3n) is 10.4. The number of aromatic nitrogens is 1. The first-order valence-corrected chi connectivity index (χ1v) is 20.3. The van der Waals surface area contributed by atoms with Crippen molar-refractivity contribution in [3.8, 4) is 23.0 Å². The van der Waals surface area contributed by atoms with E-state index >= 15 is 0 Å². The van der Waals surface area contributed by atoms with Crippen molar-refractivity contribution in [2.45, 2.75) is 57.5 Å². The molecule has 298 valence electrons. The van der Waals surface area contributed by atoms with Gasteiger partial charge in [-0.05, 0) is 113 Å². The summed E-state index contributed by atoms with van der Waals surface area (Å²) in [5, 5.41) is 4.28. The van der Waals surface area contributed by atoms with Gasteiger partial charge in [0, 0.05) is 38.6 Å². The van der Waals surface area contributed by atoms with Crippen LogP contribution in [0.2, 0.25) is 10.0 Å². The Hall–Kier alpha value is -5.38. The van der Waals surface area contributed by atoms with Gasteiger partial charge in [-0.2, -0.15) is 0 Å². The Morgan fingerprint density at radius 3 is 2.21 bits per heavy atom. The summed E-state index contributed by atoms with van der Waals surface area (Å²) >= 11 is 12.2. The Balaban J connectivity index is 1.02. The number of methoxy groups -OCH3 is 1. The molecule has 8 nitrogen and oxygen atoms in total. The lowest BCUT2D eigenvalue weighted by Crippen LogP contribution is -2.51. The van der Waals surface area contributed by atoms with Crippen molar-refractivity contribution in [2.24, 2.45) is 0 Å². The van der Waals surface area contributed by atoms with Crippen LogP contribution in [0.5, 0.6) is 23.0 Å². The summed E-state index contributed by atoms with van der Waals surface area (Å²) in [4.78, 5) is 20.5. The zero-order valence-corrected chi connectivity index (χ0v) is 34.2. The van der Waals surface area contributed by atoms with Crippen molar-refractivity contribution >= 4 is 29.1 Å². The number of halogens is 2. The van der Waals surface area contributed by atoms with Gasteiger partial charge >= 0.3 is 0 Å². The van der Waals surface area contributed by atoms with E-state index in [4.69, 9.17) is 42.1 Å². The van der Waals surface area contributed by atoms with Crippen molar-refractivity contribution in [1.82, 2.24) is 15.2 Å². The zero-order valence-electron chi connectivity index (χ0n) is 32.7. The molecule has 1 amide bonds. The summed E-state index contributed by atoms with van der Waals surface area (Å²) in [5.41, 5.74) is 6.49. The quantitative estimate of drug-likeness (QED) is 0.0982. The fourth-order valence-electron chi connectivity index (χ4n) is 7.37. The lowest BCUT2D eigenvalue weighted by atomic mass is 9.89. The summed E-state index contributed by atoms with van der Waals surface area (Å²) in [6.07, 6.45) is 5.22. The van der Waals surface area contributed by atoms with Crippen LogP contribution in [-0.2, 0) is 35.5 Å². The average Bonchev–Trinajstić information content (AvgIpc) is 3.25. The van der Waals surface area contributed by atoms with Crippen molar-refractivity contribution in [2.75, 3.05) is 20.3 Å². The number of nitrogens with one attached hydrogen (secondary N) is 1. The Morgan fingerprint density at radius 2 is 1.48 bits per heavy atom. The van der Waals surface area contributed by atoms with Gasteiger partial charge in [0.2, 0.25) is 5.91 Å². The number of pyridine rings is 1. The van der Waals surface area contributed by atoms with Gasteiger partial charge in [0.25, 0.3) is 0 Å². The minimum Gasteiger partial charge on any atom is -0.489 e. The van der Waals surface area contributed by atoms with Gasteiger partial charge < -0.3 is 24.3 Å². The number of hydrogen-bond donors (Lipinski definition) is 1. The summed E-state index contributed by atoms with van der Waals surface area (Å²) in [5.74, 6) is 2.99. The van der Waals surface area contributed by atoms with E-state index in [1.54, 1.807) is 25.6 Å². The monoisotopic (exact) mass is 815 g/mol. The maximum Gasteiger partial charge on any atom is 0.237 e. The van der Waals surface area contributed by atoms with Crippen LogP contribution in [-0.4, -0.2) is 42.1 Å². The van der Waals surface area contributed by atoms with E-state index in [9.17, 15) is 4.79 Å². The van der Waals surface area contributed by atoms with E-state index in [0.29, 0.717) is 49.2 Å². The van der Waals surface area contributed by atoms with Crippen LogP contribution in [0.4, 0.5) is 0 Å². The van der Waals surface area contributed by atoms with Crippen LogP contribution < -0.4 is 19.5 Å². The van der Waals surface area contributed by atoms with Crippen LogP contribution >= 0.6 is 23.2 Å². The van der Waals surface area contributed by atoms with Gasteiger partial charge in [0.15, 0.2) is 0 Å². The third kappa shape index (κ3) is 10.6. The Labute approximate surface area is 350 Å². The topological polar surface area (TPSA) is 82.2 Å². The van der Waals surface area contributed by atoms with Gasteiger partial charge in [-0.1, -0.05) is 96.9 Å². The molecule has 1 aliphatic rings. The molecule has 2 heterocycles. The van der Waals surface area contributed by atoms with Crippen LogP contribution in [0, 0.1) is 0 Å². The number of carbonyl (C=O) groups is 1. The van der Waals surface area contributed by atoms with Crippen molar-refractivity contribution < 1.29 is 23.7 Å². The molecule has 0 saturated carbocycles. The first kappa shape index (κ1) is 40.8. The summed E-state index contributed by atoms with van der Waals surface area (Å²) < 4.78 is 24.1. The van der Waals surface area contributed by atoms with Crippen LogP contribution in [0.1, 0.15) is 58.9 Å². The highest BCUT2D eigenvalue weighted by molar-refractivity contribution is 6.42. The van der Waals surface area contributed by atoms with Crippen LogP contribution in [0.3, 0.4) is 0 Å². The number of benzene rings is 5. The molecule has 10 heteroatoms. The number of nitrogens with zero attached hydrogens (tertiary/aromatic N) is 2. The highest BCUT2D eigenvalue weighted by Gasteiger charge is 2.36. The Bertz CT molecular complexity index is 2240. The summed E-state index contributed by atoms with van der Waals surface area (Å²) in [6, 6.07) is 41.3. The second-order valence-corrected chi connectivity index (χ2v) is 15.1. The average molecular weight is 817 g/mol. The predicted molar refractivity (Wildman–Crippen MR) is 229 cm³/mol. The smallest absolute Gasteiger partial charge is 0.237 e. The first-order chi connectivity index (χ1) is 28.4. The van der Waals surface area contributed by atoms with Crippen LogP contribution in [0.15, 0.2) is 140 Å². The number of carbonyl (C=O) groups excluding carboxylic acids is 1. The fraction of sp³-hybridized carbons (Fsp3) is 0.250. The van der Waals surface area contributed by atoms with E-state index < -0.39 is 0 Å². The lowest BCUT2D eigenvalue weighted by Gasteiger charge is -2.41. The minimum absolute atomic E-state index is 0.0301. The van der Waals surface area contributed by atoms with Crippen LogP contribution in [0.25, 0.3) is 0 Å². The maximum absolute atomic E-state index is 14.1. The summed E-state index contributed by atoms with van der Waals surface area (Å²) in [7, 11) is 1.67. The Morgan fingerprint density at radius 1 is 0.776 bits per heavy atom. The molecule has 0 fully saturated rings. The standard InChI is InChI=1S/C48H47Cl2N3O5/c1-3-45(35-7-5-4-6-8-35)53-30-38-28-42(58-47(32-55-2)36-12-17-39(18-13-36)56-31-34-11-20-43(49)44(50)27-34)19-14-37(38)29-46(53)48(54)52-26-21-33-9-15-40(16-10-33)57-41-22-24-51-25-23-41/h4-20,22-25,27-28,45-47H,3,21,26,29-32H2,1-2H3,(H,52,54). The third-order valence-corrected chi connectivity index (χ3v) is 11.1. The highest BCUT2D eigenvalue weighted by atomic mass is 35.5.